The van der Waals surface area contributed by atoms with Crippen LogP contribution in [0.4, 0.5) is 0 Å². The number of H-pyrrole nitrogens is 1. The van der Waals surface area contributed by atoms with Gasteiger partial charge in [0, 0.05) is 11.3 Å². The van der Waals surface area contributed by atoms with Gasteiger partial charge in [-0.15, -0.1) is 0 Å². The van der Waals surface area contributed by atoms with Crippen molar-refractivity contribution in [3.8, 4) is 11.1 Å². The number of nitrogens with one attached hydrogen (secondary N) is 2. The minimum atomic E-state index is -0.267. The van der Waals surface area contributed by atoms with Crippen LogP contribution in [0.3, 0.4) is 0 Å². The third kappa shape index (κ3) is 3.21. The van der Waals surface area contributed by atoms with E-state index in [4.69, 9.17) is 0 Å². The first-order valence-electron chi connectivity index (χ1n) is 8.36. The molecule has 0 aliphatic heterocycles. The first kappa shape index (κ1) is 15.3. The third-order valence-electron chi connectivity index (χ3n) is 4.42. The molecule has 0 saturated heterocycles. The van der Waals surface area contributed by atoms with Crippen LogP contribution >= 0.6 is 0 Å². The lowest BCUT2D eigenvalue weighted by atomic mass is 10.0. The molecule has 1 heterocycles. The Kier molecular flexibility index (Phi) is 4.12. The van der Waals surface area contributed by atoms with Gasteiger partial charge in [-0.2, -0.15) is 10.2 Å². The van der Waals surface area contributed by atoms with E-state index in [1.54, 1.807) is 6.21 Å². The van der Waals surface area contributed by atoms with Crippen molar-refractivity contribution in [1.82, 2.24) is 15.6 Å². The average molecular weight is 330 g/mol. The van der Waals surface area contributed by atoms with Gasteiger partial charge in [-0.05, 0) is 36.0 Å². The maximum Gasteiger partial charge on any atom is 0.292 e. The number of hydrogen-bond acceptors (Lipinski definition) is 3. The van der Waals surface area contributed by atoms with Gasteiger partial charge in [0.25, 0.3) is 5.91 Å². The van der Waals surface area contributed by atoms with Crippen LogP contribution in [-0.2, 0) is 12.8 Å². The Labute approximate surface area is 145 Å². The topological polar surface area (TPSA) is 70.1 Å². The van der Waals surface area contributed by atoms with Crippen LogP contribution in [0.15, 0.2) is 59.7 Å². The Hall–Kier alpha value is -3.21. The molecule has 0 atom stereocenters. The largest absolute Gasteiger partial charge is 0.292 e. The lowest BCUT2D eigenvalue weighted by Crippen LogP contribution is -2.19. The standard InChI is InChI=1S/C20H18N4O/c25-20(19-17-7-4-8-18(17)22-23-19)24-21-13-14-9-11-16(12-10-14)15-5-2-1-3-6-15/h1-3,5-6,9-13H,4,7-8H2,(H,22,23)(H,24,25). The number of aryl methyl sites for hydroxylation is 1. The fourth-order valence-corrected chi connectivity index (χ4v) is 3.12. The molecule has 0 saturated carbocycles. The zero-order valence-electron chi connectivity index (χ0n) is 13.7. The van der Waals surface area contributed by atoms with Crippen LogP contribution < -0.4 is 5.43 Å². The smallest absolute Gasteiger partial charge is 0.281 e. The molecular weight excluding hydrogens is 312 g/mol. The third-order valence-corrected chi connectivity index (χ3v) is 4.42. The Morgan fingerprint density at radius 3 is 2.60 bits per heavy atom. The molecule has 3 aromatic rings. The first-order valence-corrected chi connectivity index (χ1v) is 8.36. The van der Waals surface area contributed by atoms with E-state index in [-0.39, 0.29) is 5.91 Å². The summed E-state index contributed by atoms with van der Waals surface area (Å²) in [5.74, 6) is -0.267. The quantitative estimate of drug-likeness (QED) is 0.569. The second kappa shape index (κ2) is 6.73. The fourth-order valence-electron chi connectivity index (χ4n) is 3.12. The molecule has 0 spiro atoms. The summed E-state index contributed by atoms with van der Waals surface area (Å²) in [7, 11) is 0. The first-order chi connectivity index (χ1) is 12.3. The number of aromatic nitrogens is 2. The summed E-state index contributed by atoms with van der Waals surface area (Å²) in [6.07, 6.45) is 4.58. The van der Waals surface area contributed by atoms with E-state index < -0.39 is 0 Å². The number of rotatable bonds is 4. The molecule has 0 fully saturated rings. The van der Waals surface area contributed by atoms with Gasteiger partial charge in [0.2, 0.25) is 0 Å². The molecule has 25 heavy (non-hydrogen) atoms. The van der Waals surface area contributed by atoms with Crippen molar-refractivity contribution in [2.75, 3.05) is 0 Å². The lowest BCUT2D eigenvalue weighted by molar-refractivity contribution is 0.0949. The number of amides is 1. The van der Waals surface area contributed by atoms with Gasteiger partial charge in [-0.3, -0.25) is 9.89 Å². The molecule has 5 heteroatoms. The van der Waals surface area contributed by atoms with Gasteiger partial charge < -0.3 is 0 Å². The van der Waals surface area contributed by atoms with Gasteiger partial charge in [-0.1, -0.05) is 54.6 Å². The van der Waals surface area contributed by atoms with Gasteiger partial charge in [-0.25, -0.2) is 5.43 Å². The van der Waals surface area contributed by atoms with Gasteiger partial charge in [0.05, 0.1) is 6.21 Å². The fraction of sp³-hybridized carbons (Fsp3) is 0.150. The number of hydrogen-bond donors (Lipinski definition) is 2. The zero-order valence-corrected chi connectivity index (χ0v) is 13.7. The second-order valence-electron chi connectivity index (χ2n) is 6.07. The maximum absolute atomic E-state index is 12.2. The van der Waals surface area contributed by atoms with Crippen molar-refractivity contribution in [3.63, 3.8) is 0 Å². The van der Waals surface area contributed by atoms with E-state index in [1.165, 1.54) is 5.56 Å². The van der Waals surface area contributed by atoms with Gasteiger partial charge >= 0.3 is 0 Å². The highest BCUT2D eigenvalue weighted by molar-refractivity contribution is 5.94. The van der Waals surface area contributed by atoms with Crippen LogP contribution in [0.2, 0.25) is 0 Å². The summed E-state index contributed by atoms with van der Waals surface area (Å²) in [6.45, 7) is 0. The maximum atomic E-state index is 12.2. The van der Waals surface area contributed by atoms with E-state index in [2.05, 4.69) is 32.9 Å². The summed E-state index contributed by atoms with van der Waals surface area (Å²) in [6, 6.07) is 18.2. The summed E-state index contributed by atoms with van der Waals surface area (Å²) in [5, 5.41) is 11.1. The number of nitrogens with zero attached hydrogens (tertiary/aromatic N) is 2. The molecule has 0 radical (unpaired) electrons. The molecule has 0 unspecified atom stereocenters. The molecule has 1 aliphatic rings. The molecule has 2 N–H and O–H groups in total. The highest BCUT2D eigenvalue weighted by Gasteiger charge is 2.22. The number of hydrazone groups is 1. The van der Waals surface area contributed by atoms with Crippen molar-refractivity contribution in [1.29, 1.82) is 0 Å². The van der Waals surface area contributed by atoms with E-state index >= 15 is 0 Å². The highest BCUT2D eigenvalue weighted by atomic mass is 16.2. The highest BCUT2D eigenvalue weighted by Crippen LogP contribution is 2.22. The molecule has 124 valence electrons. The van der Waals surface area contributed by atoms with Crippen molar-refractivity contribution < 1.29 is 4.79 Å². The minimum Gasteiger partial charge on any atom is -0.281 e. The Bertz CT molecular complexity index is 911. The summed E-state index contributed by atoms with van der Waals surface area (Å²) < 4.78 is 0. The van der Waals surface area contributed by atoms with Crippen LogP contribution in [-0.4, -0.2) is 22.3 Å². The van der Waals surface area contributed by atoms with Crippen molar-refractivity contribution in [2.45, 2.75) is 19.3 Å². The SMILES string of the molecule is O=C(NN=Cc1ccc(-c2ccccc2)cc1)c1n[nH]c2c1CCC2. The average Bonchev–Trinajstić information content (AvgIpc) is 3.26. The molecule has 5 nitrogen and oxygen atoms in total. The second-order valence-corrected chi connectivity index (χ2v) is 6.07. The van der Waals surface area contributed by atoms with E-state index in [9.17, 15) is 4.79 Å². The Morgan fingerprint density at radius 1 is 1.04 bits per heavy atom. The number of carbonyl (C=O) groups excluding carboxylic acids is 1. The monoisotopic (exact) mass is 330 g/mol. The van der Waals surface area contributed by atoms with Gasteiger partial charge in [0.1, 0.15) is 0 Å². The molecule has 0 bridgehead atoms. The van der Waals surface area contributed by atoms with Crippen LogP contribution in [0, 0.1) is 0 Å². The van der Waals surface area contributed by atoms with Crippen LogP contribution in [0.25, 0.3) is 11.1 Å². The summed E-state index contributed by atoms with van der Waals surface area (Å²) in [5.41, 5.74) is 8.37. The van der Waals surface area contributed by atoms with E-state index in [1.807, 2.05) is 42.5 Å². The number of benzene rings is 2. The molecule has 2 aromatic carbocycles. The van der Waals surface area contributed by atoms with E-state index in [0.717, 1.165) is 41.6 Å². The van der Waals surface area contributed by atoms with E-state index in [0.29, 0.717) is 5.69 Å². The van der Waals surface area contributed by atoms with Crippen LogP contribution in [0.5, 0.6) is 0 Å². The van der Waals surface area contributed by atoms with Crippen molar-refractivity contribution in [2.24, 2.45) is 5.10 Å². The lowest BCUT2D eigenvalue weighted by Gasteiger charge is -2.02. The number of carbonyl (C=O) groups is 1. The normalized spacial score (nSPS) is 13.1. The molecule has 1 amide bonds. The molecule has 4 rings (SSSR count). The van der Waals surface area contributed by atoms with Gasteiger partial charge in [0.15, 0.2) is 5.69 Å². The predicted octanol–water partition coefficient (Wildman–Crippen LogP) is 3.33. The summed E-state index contributed by atoms with van der Waals surface area (Å²) in [4.78, 5) is 12.2. The molecular formula is C20H18N4O. The molecule has 1 aliphatic carbocycles. The minimum absolute atomic E-state index is 0.267. The Morgan fingerprint density at radius 2 is 1.80 bits per heavy atom. The number of aromatic amines is 1. The van der Waals surface area contributed by atoms with Crippen LogP contribution in [0.1, 0.15) is 33.7 Å². The number of fused-ring (bicyclic) bond motifs is 1. The Balaban J connectivity index is 1.41. The summed E-state index contributed by atoms with van der Waals surface area (Å²) >= 11 is 0. The van der Waals surface area contributed by atoms with Crippen molar-refractivity contribution >= 4 is 12.1 Å². The zero-order chi connectivity index (χ0) is 17.1. The molecule has 1 aromatic heterocycles. The van der Waals surface area contributed by atoms with Crippen molar-refractivity contribution in [3.05, 3.63) is 77.1 Å². The predicted molar refractivity (Wildman–Crippen MR) is 97.6 cm³/mol.